The molecule has 0 heterocycles. The number of nitrogens with one attached hydrogen (secondary N) is 2. The Bertz CT molecular complexity index is 1080. The van der Waals surface area contributed by atoms with Crippen LogP contribution in [0.25, 0.3) is 0 Å². The SMILES string of the molecule is CC[C@H](C(=O)Nc1ccc(C)c(NS(=O)(=O)c2ccccc2)c1)c1ccccc1. The number of hydrogen-bond donors (Lipinski definition) is 2. The zero-order valence-corrected chi connectivity index (χ0v) is 17.2. The second-order valence-corrected chi connectivity index (χ2v) is 8.49. The number of aryl methyl sites for hydroxylation is 1. The zero-order chi connectivity index (χ0) is 20.9. The quantitative estimate of drug-likeness (QED) is 0.582. The van der Waals surface area contributed by atoms with Crippen LogP contribution in [-0.4, -0.2) is 14.3 Å². The Morgan fingerprint density at radius 2 is 1.55 bits per heavy atom. The van der Waals surface area contributed by atoms with Crippen LogP contribution < -0.4 is 10.0 Å². The standard InChI is InChI=1S/C23H24N2O3S/c1-3-21(18-10-6-4-7-11-18)23(26)24-19-15-14-17(2)22(16-19)25-29(27,28)20-12-8-5-9-13-20/h4-16,21,25H,3H2,1-2H3,(H,24,26)/t21-/m0/s1. The van der Waals surface area contributed by atoms with E-state index in [4.69, 9.17) is 0 Å². The number of hydrogen-bond acceptors (Lipinski definition) is 3. The molecule has 0 bridgehead atoms. The Hall–Kier alpha value is -3.12. The van der Waals surface area contributed by atoms with E-state index in [-0.39, 0.29) is 16.7 Å². The molecule has 0 spiro atoms. The van der Waals surface area contributed by atoms with Gasteiger partial charge in [-0.15, -0.1) is 0 Å². The normalized spacial score (nSPS) is 12.2. The lowest BCUT2D eigenvalue weighted by molar-refractivity contribution is -0.117. The first kappa shape index (κ1) is 20.6. The molecule has 0 fully saturated rings. The lowest BCUT2D eigenvalue weighted by Gasteiger charge is -2.17. The summed E-state index contributed by atoms with van der Waals surface area (Å²) in [4.78, 5) is 13.0. The zero-order valence-electron chi connectivity index (χ0n) is 16.4. The van der Waals surface area contributed by atoms with Gasteiger partial charge < -0.3 is 5.32 Å². The summed E-state index contributed by atoms with van der Waals surface area (Å²) in [7, 11) is -3.71. The molecular weight excluding hydrogens is 384 g/mol. The molecule has 1 atom stereocenters. The highest BCUT2D eigenvalue weighted by Crippen LogP contribution is 2.26. The van der Waals surface area contributed by atoms with Crippen molar-refractivity contribution in [2.75, 3.05) is 10.0 Å². The van der Waals surface area contributed by atoms with Gasteiger partial charge in [0, 0.05) is 5.69 Å². The van der Waals surface area contributed by atoms with E-state index < -0.39 is 10.0 Å². The molecule has 29 heavy (non-hydrogen) atoms. The van der Waals surface area contributed by atoms with E-state index in [0.717, 1.165) is 11.1 Å². The van der Waals surface area contributed by atoms with Crippen LogP contribution in [0.5, 0.6) is 0 Å². The van der Waals surface area contributed by atoms with Gasteiger partial charge in [-0.3, -0.25) is 9.52 Å². The fraction of sp³-hybridized carbons (Fsp3) is 0.174. The number of carbonyl (C=O) groups excluding carboxylic acids is 1. The van der Waals surface area contributed by atoms with Crippen molar-refractivity contribution >= 4 is 27.3 Å². The van der Waals surface area contributed by atoms with Crippen molar-refractivity contribution in [3.8, 4) is 0 Å². The summed E-state index contributed by atoms with van der Waals surface area (Å²) >= 11 is 0. The average Bonchev–Trinajstić information content (AvgIpc) is 2.72. The van der Waals surface area contributed by atoms with Crippen LogP contribution in [0.2, 0.25) is 0 Å². The molecular formula is C23H24N2O3S. The summed E-state index contributed by atoms with van der Waals surface area (Å²) in [5.41, 5.74) is 2.68. The summed E-state index contributed by atoms with van der Waals surface area (Å²) in [6.07, 6.45) is 0.662. The predicted octanol–water partition coefficient (Wildman–Crippen LogP) is 4.93. The van der Waals surface area contributed by atoms with Crippen molar-refractivity contribution < 1.29 is 13.2 Å². The van der Waals surface area contributed by atoms with Gasteiger partial charge in [-0.2, -0.15) is 0 Å². The number of benzene rings is 3. The van der Waals surface area contributed by atoms with E-state index in [2.05, 4.69) is 10.0 Å². The lowest BCUT2D eigenvalue weighted by atomic mass is 9.95. The summed E-state index contributed by atoms with van der Waals surface area (Å²) < 4.78 is 27.9. The van der Waals surface area contributed by atoms with Crippen LogP contribution in [0.4, 0.5) is 11.4 Å². The van der Waals surface area contributed by atoms with Crippen molar-refractivity contribution in [3.05, 3.63) is 90.0 Å². The Kier molecular flexibility index (Phi) is 6.34. The molecule has 3 aromatic carbocycles. The molecule has 3 aromatic rings. The highest BCUT2D eigenvalue weighted by molar-refractivity contribution is 7.92. The summed E-state index contributed by atoms with van der Waals surface area (Å²) in [6, 6.07) is 23.0. The molecule has 6 heteroatoms. The van der Waals surface area contributed by atoms with Crippen molar-refractivity contribution in [2.45, 2.75) is 31.1 Å². The van der Waals surface area contributed by atoms with Crippen molar-refractivity contribution in [1.29, 1.82) is 0 Å². The summed E-state index contributed by atoms with van der Waals surface area (Å²) in [6.45, 7) is 3.78. The van der Waals surface area contributed by atoms with E-state index in [1.165, 1.54) is 12.1 Å². The Morgan fingerprint density at radius 1 is 0.931 bits per heavy atom. The fourth-order valence-electron chi connectivity index (χ4n) is 3.10. The first-order chi connectivity index (χ1) is 13.9. The minimum absolute atomic E-state index is 0.126. The van der Waals surface area contributed by atoms with Crippen molar-refractivity contribution in [1.82, 2.24) is 0 Å². The first-order valence-corrected chi connectivity index (χ1v) is 10.9. The molecule has 2 N–H and O–H groups in total. The van der Waals surface area contributed by atoms with Crippen LogP contribution in [0.1, 0.15) is 30.4 Å². The fourth-order valence-corrected chi connectivity index (χ4v) is 4.24. The van der Waals surface area contributed by atoms with Crippen molar-refractivity contribution in [3.63, 3.8) is 0 Å². The number of amides is 1. The Balaban J connectivity index is 1.81. The molecule has 0 unspecified atom stereocenters. The maximum Gasteiger partial charge on any atom is 0.261 e. The topological polar surface area (TPSA) is 75.3 Å². The predicted molar refractivity (Wildman–Crippen MR) is 117 cm³/mol. The third kappa shape index (κ3) is 5.03. The van der Waals surface area contributed by atoms with Crippen LogP contribution in [-0.2, 0) is 14.8 Å². The highest BCUT2D eigenvalue weighted by atomic mass is 32.2. The minimum atomic E-state index is -3.71. The molecule has 0 aliphatic rings. The summed E-state index contributed by atoms with van der Waals surface area (Å²) in [5.74, 6) is -0.401. The molecule has 0 saturated carbocycles. The van der Waals surface area contributed by atoms with Crippen LogP contribution in [0.15, 0.2) is 83.8 Å². The molecule has 5 nitrogen and oxygen atoms in total. The second-order valence-electron chi connectivity index (χ2n) is 6.81. The third-order valence-corrected chi connectivity index (χ3v) is 6.11. The van der Waals surface area contributed by atoms with Gasteiger partial charge in [0.15, 0.2) is 0 Å². The second kappa shape index (κ2) is 8.92. The van der Waals surface area contributed by atoms with Gasteiger partial charge in [0.2, 0.25) is 5.91 Å². The van der Waals surface area contributed by atoms with Gasteiger partial charge in [-0.05, 0) is 48.7 Å². The Morgan fingerprint density at radius 3 is 2.17 bits per heavy atom. The van der Waals surface area contributed by atoms with Gasteiger partial charge >= 0.3 is 0 Å². The average molecular weight is 409 g/mol. The minimum Gasteiger partial charge on any atom is -0.325 e. The molecule has 0 aromatic heterocycles. The molecule has 1 amide bonds. The van der Waals surface area contributed by atoms with E-state index in [1.54, 1.807) is 36.4 Å². The van der Waals surface area contributed by atoms with E-state index in [9.17, 15) is 13.2 Å². The van der Waals surface area contributed by atoms with Gasteiger partial charge in [0.1, 0.15) is 0 Å². The maximum absolute atomic E-state index is 12.8. The van der Waals surface area contributed by atoms with Crippen molar-refractivity contribution in [2.24, 2.45) is 0 Å². The monoisotopic (exact) mass is 408 g/mol. The molecule has 0 saturated heterocycles. The number of rotatable bonds is 7. The highest BCUT2D eigenvalue weighted by Gasteiger charge is 2.19. The third-order valence-electron chi connectivity index (χ3n) is 4.73. The smallest absolute Gasteiger partial charge is 0.261 e. The van der Waals surface area contributed by atoms with Gasteiger partial charge in [0.25, 0.3) is 10.0 Å². The molecule has 0 aliphatic carbocycles. The largest absolute Gasteiger partial charge is 0.325 e. The number of carbonyl (C=O) groups is 1. The number of sulfonamides is 1. The summed E-state index contributed by atoms with van der Waals surface area (Å²) in [5, 5.41) is 2.91. The Labute approximate surface area is 171 Å². The van der Waals surface area contributed by atoms with Gasteiger partial charge in [-0.1, -0.05) is 61.5 Å². The van der Waals surface area contributed by atoms with E-state index in [0.29, 0.717) is 17.8 Å². The van der Waals surface area contributed by atoms with E-state index >= 15 is 0 Å². The van der Waals surface area contributed by atoms with Crippen LogP contribution in [0, 0.1) is 6.92 Å². The first-order valence-electron chi connectivity index (χ1n) is 9.45. The van der Waals surface area contributed by atoms with Gasteiger partial charge in [0.05, 0.1) is 16.5 Å². The van der Waals surface area contributed by atoms with Crippen LogP contribution >= 0.6 is 0 Å². The van der Waals surface area contributed by atoms with E-state index in [1.807, 2.05) is 44.2 Å². The molecule has 0 radical (unpaired) electrons. The molecule has 0 aliphatic heterocycles. The van der Waals surface area contributed by atoms with Crippen LogP contribution in [0.3, 0.4) is 0 Å². The molecule has 150 valence electrons. The molecule has 3 rings (SSSR count). The number of anilines is 2. The lowest BCUT2D eigenvalue weighted by Crippen LogP contribution is -2.21. The maximum atomic E-state index is 12.8. The van der Waals surface area contributed by atoms with Gasteiger partial charge in [-0.25, -0.2) is 8.42 Å².